The Bertz CT molecular complexity index is 740. The first-order valence-electron chi connectivity index (χ1n) is 8.24. The van der Waals surface area contributed by atoms with Crippen LogP contribution in [-0.2, 0) is 22.7 Å². The highest BCUT2D eigenvalue weighted by Crippen LogP contribution is 2.17. The summed E-state index contributed by atoms with van der Waals surface area (Å²) in [5.74, 6) is -0.264. The molecule has 0 saturated carbocycles. The number of rotatable bonds is 8. The molecule has 1 aromatic carbocycles. The molecule has 2 amide bonds. The number of methoxy groups -OCH3 is 1. The van der Waals surface area contributed by atoms with E-state index in [-0.39, 0.29) is 11.8 Å². The molecule has 7 heteroatoms. The van der Waals surface area contributed by atoms with Crippen LogP contribution in [0.25, 0.3) is 0 Å². The number of carbonyl (C=O) groups is 2. The summed E-state index contributed by atoms with van der Waals surface area (Å²) in [4.78, 5) is 24.1. The molecule has 0 saturated heterocycles. The molecule has 2 rings (SSSR count). The maximum Gasteiger partial charge on any atom is 0.251 e. The van der Waals surface area contributed by atoms with Gasteiger partial charge in [0.1, 0.15) is 0 Å². The zero-order chi connectivity index (χ0) is 18.2. The van der Waals surface area contributed by atoms with Crippen molar-refractivity contribution in [1.82, 2.24) is 15.5 Å². The molecule has 0 aliphatic rings. The number of aryl methyl sites for hydroxylation is 1. The van der Waals surface area contributed by atoms with E-state index in [4.69, 9.17) is 4.74 Å². The second kappa shape index (κ2) is 8.98. The van der Waals surface area contributed by atoms with Crippen molar-refractivity contribution < 1.29 is 14.3 Å². The van der Waals surface area contributed by atoms with Crippen LogP contribution in [0.3, 0.4) is 0 Å². The lowest BCUT2D eigenvalue weighted by Gasteiger charge is -2.10. The van der Waals surface area contributed by atoms with E-state index in [1.807, 2.05) is 26.0 Å². The molecule has 0 fully saturated rings. The van der Waals surface area contributed by atoms with Crippen molar-refractivity contribution >= 4 is 17.5 Å². The van der Waals surface area contributed by atoms with E-state index in [0.717, 1.165) is 23.4 Å². The number of hydrogen-bond acceptors (Lipinski definition) is 4. The fourth-order valence-electron chi connectivity index (χ4n) is 2.34. The van der Waals surface area contributed by atoms with Crippen LogP contribution < -0.4 is 10.6 Å². The Hall–Kier alpha value is -2.67. The number of hydrogen-bond donors (Lipinski definition) is 3. The second-order valence-corrected chi connectivity index (χ2v) is 5.83. The number of ether oxygens (including phenoxy) is 1. The summed E-state index contributed by atoms with van der Waals surface area (Å²) in [6, 6.07) is 7.10. The molecule has 134 valence electrons. The quantitative estimate of drug-likeness (QED) is 0.685. The molecule has 0 atom stereocenters. The average molecular weight is 344 g/mol. The summed E-state index contributed by atoms with van der Waals surface area (Å²) in [7, 11) is 1.60. The van der Waals surface area contributed by atoms with Crippen LogP contribution in [0.4, 0.5) is 5.69 Å². The van der Waals surface area contributed by atoms with Crippen molar-refractivity contribution in [3.63, 3.8) is 0 Å². The van der Waals surface area contributed by atoms with Crippen LogP contribution in [0, 0.1) is 6.92 Å². The lowest BCUT2D eigenvalue weighted by molar-refractivity contribution is -0.116. The fraction of sp³-hybridized carbons (Fsp3) is 0.389. The van der Waals surface area contributed by atoms with Gasteiger partial charge in [0.2, 0.25) is 5.91 Å². The zero-order valence-electron chi connectivity index (χ0n) is 14.8. The van der Waals surface area contributed by atoms with Gasteiger partial charge in [-0.2, -0.15) is 5.10 Å². The summed E-state index contributed by atoms with van der Waals surface area (Å²) < 4.78 is 5.01. The molecule has 0 unspecified atom stereocenters. The van der Waals surface area contributed by atoms with Crippen molar-refractivity contribution in [2.24, 2.45) is 0 Å². The molecule has 0 spiro atoms. The summed E-state index contributed by atoms with van der Waals surface area (Å²) in [6.45, 7) is 4.60. The van der Waals surface area contributed by atoms with Crippen molar-refractivity contribution in [3.8, 4) is 0 Å². The van der Waals surface area contributed by atoms with Gasteiger partial charge in [0.15, 0.2) is 0 Å². The number of H-pyrrole nitrogens is 1. The van der Waals surface area contributed by atoms with Gasteiger partial charge in [-0.3, -0.25) is 14.7 Å². The fourth-order valence-corrected chi connectivity index (χ4v) is 2.34. The number of aromatic nitrogens is 2. The smallest absolute Gasteiger partial charge is 0.251 e. The molecule has 2 aromatic rings. The predicted octanol–water partition coefficient (Wildman–Crippen LogP) is 2.53. The van der Waals surface area contributed by atoms with Crippen molar-refractivity contribution in [2.75, 3.05) is 12.4 Å². The minimum Gasteiger partial charge on any atom is -0.378 e. The van der Waals surface area contributed by atoms with Crippen LogP contribution in [0.15, 0.2) is 24.3 Å². The summed E-state index contributed by atoms with van der Waals surface area (Å²) in [6.07, 6.45) is 1.24. The van der Waals surface area contributed by atoms with Crippen molar-refractivity contribution in [2.45, 2.75) is 39.8 Å². The highest BCUT2D eigenvalue weighted by atomic mass is 16.5. The molecule has 0 aliphatic heterocycles. The number of aromatic amines is 1. The molecule has 25 heavy (non-hydrogen) atoms. The Morgan fingerprint density at radius 3 is 2.80 bits per heavy atom. The van der Waals surface area contributed by atoms with Gasteiger partial charge in [-0.15, -0.1) is 0 Å². The first-order chi connectivity index (χ1) is 12.0. The Labute approximate surface area is 147 Å². The maximum atomic E-state index is 12.3. The van der Waals surface area contributed by atoms with E-state index in [9.17, 15) is 9.59 Å². The molecular formula is C18H24N4O3. The Morgan fingerprint density at radius 2 is 2.08 bits per heavy atom. The van der Waals surface area contributed by atoms with Gasteiger partial charge >= 0.3 is 0 Å². The molecule has 0 bridgehead atoms. The molecule has 3 N–H and O–H groups in total. The van der Waals surface area contributed by atoms with Gasteiger partial charge in [-0.25, -0.2) is 0 Å². The number of nitrogens with zero attached hydrogens (tertiary/aromatic N) is 1. The lowest BCUT2D eigenvalue weighted by atomic mass is 10.1. The summed E-state index contributed by atoms with van der Waals surface area (Å²) in [5.41, 5.74) is 3.65. The Morgan fingerprint density at radius 1 is 1.28 bits per heavy atom. The van der Waals surface area contributed by atoms with E-state index in [1.54, 1.807) is 19.2 Å². The Balaban J connectivity index is 1.99. The van der Waals surface area contributed by atoms with E-state index in [0.29, 0.717) is 30.8 Å². The first kappa shape index (κ1) is 18.7. The molecule has 1 heterocycles. The molecular weight excluding hydrogens is 320 g/mol. The van der Waals surface area contributed by atoms with Crippen LogP contribution in [0.2, 0.25) is 0 Å². The Kier molecular flexibility index (Phi) is 6.71. The number of amides is 2. The van der Waals surface area contributed by atoms with Crippen molar-refractivity contribution in [1.29, 1.82) is 0 Å². The third-order valence-electron chi connectivity index (χ3n) is 3.67. The summed E-state index contributed by atoms with van der Waals surface area (Å²) in [5, 5.41) is 12.6. The highest BCUT2D eigenvalue weighted by Gasteiger charge is 2.10. The maximum absolute atomic E-state index is 12.3. The number of carbonyl (C=O) groups excluding carboxylic acids is 2. The van der Waals surface area contributed by atoms with Gasteiger partial charge in [0, 0.05) is 24.8 Å². The van der Waals surface area contributed by atoms with E-state index < -0.39 is 0 Å². The number of anilines is 1. The predicted molar refractivity (Wildman–Crippen MR) is 95.2 cm³/mol. The molecule has 7 nitrogen and oxygen atoms in total. The van der Waals surface area contributed by atoms with Crippen LogP contribution in [0.5, 0.6) is 0 Å². The van der Waals surface area contributed by atoms with Crippen LogP contribution in [0.1, 0.15) is 47.1 Å². The minimum atomic E-state index is -0.214. The standard InChI is InChI=1S/C18H24N4O3/c1-4-5-17(23)20-16-8-13(7-6-12(16)2)18(24)19-10-14-9-15(11-25-3)22-21-14/h6-9H,4-5,10-11H2,1-3H3,(H,19,24)(H,20,23)(H,21,22). The second-order valence-electron chi connectivity index (χ2n) is 5.83. The number of nitrogens with one attached hydrogen (secondary N) is 3. The van der Waals surface area contributed by atoms with Gasteiger partial charge < -0.3 is 15.4 Å². The third-order valence-corrected chi connectivity index (χ3v) is 3.67. The molecule has 1 aromatic heterocycles. The SMILES string of the molecule is CCCC(=O)Nc1cc(C(=O)NCc2cc(COC)n[nH]2)ccc1C. The largest absolute Gasteiger partial charge is 0.378 e. The van der Waals surface area contributed by atoms with Gasteiger partial charge in [-0.1, -0.05) is 13.0 Å². The summed E-state index contributed by atoms with van der Waals surface area (Å²) >= 11 is 0. The van der Waals surface area contributed by atoms with Crippen LogP contribution >= 0.6 is 0 Å². The monoisotopic (exact) mass is 344 g/mol. The first-order valence-corrected chi connectivity index (χ1v) is 8.24. The van der Waals surface area contributed by atoms with E-state index in [1.165, 1.54) is 0 Å². The average Bonchev–Trinajstić information content (AvgIpc) is 3.03. The number of benzene rings is 1. The minimum absolute atomic E-state index is 0.0497. The third kappa shape index (κ3) is 5.42. The zero-order valence-corrected chi connectivity index (χ0v) is 14.8. The topological polar surface area (TPSA) is 96.1 Å². The normalized spacial score (nSPS) is 10.5. The molecule has 0 aliphatic carbocycles. The molecule has 0 radical (unpaired) electrons. The van der Waals surface area contributed by atoms with Crippen LogP contribution in [-0.4, -0.2) is 29.1 Å². The lowest BCUT2D eigenvalue weighted by Crippen LogP contribution is -2.23. The van der Waals surface area contributed by atoms with E-state index >= 15 is 0 Å². The van der Waals surface area contributed by atoms with Gasteiger partial charge in [-0.05, 0) is 37.1 Å². The van der Waals surface area contributed by atoms with Gasteiger partial charge in [0.05, 0.1) is 24.5 Å². The highest BCUT2D eigenvalue weighted by molar-refractivity contribution is 5.97. The van der Waals surface area contributed by atoms with E-state index in [2.05, 4.69) is 20.8 Å². The van der Waals surface area contributed by atoms with Crippen molar-refractivity contribution in [3.05, 3.63) is 46.8 Å². The van der Waals surface area contributed by atoms with Gasteiger partial charge in [0.25, 0.3) is 5.91 Å².